The predicted octanol–water partition coefficient (Wildman–Crippen LogP) is 8.40. The number of rotatable bonds is 2. The van der Waals surface area contributed by atoms with Gasteiger partial charge in [0.25, 0.3) is 0 Å². The molecule has 2 aromatic rings. The number of nitrogens with one attached hydrogen (secondary N) is 2. The quantitative estimate of drug-likeness (QED) is 0.438. The first-order chi connectivity index (χ1) is 17.9. The molecule has 0 spiro atoms. The lowest BCUT2D eigenvalue weighted by molar-refractivity contribution is 0.355. The van der Waals surface area contributed by atoms with Crippen molar-refractivity contribution in [3.8, 4) is 11.1 Å². The summed E-state index contributed by atoms with van der Waals surface area (Å²) in [6, 6.07) is 13.9. The van der Waals surface area contributed by atoms with Crippen LogP contribution in [0.1, 0.15) is 56.6 Å². The molecule has 3 heteroatoms. The monoisotopic (exact) mass is 495 g/mol. The van der Waals surface area contributed by atoms with Gasteiger partial charge in [0.2, 0.25) is 0 Å². The van der Waals surface area contributed by atoms with Crippen molar-refractivity contribution in [3.63, 3.8) is 0 Å². The summed E-state index contributed by atoms with van der Waals surface area (Å²) < 4.78 is 0. The lowest BCUT2D eigenvalue weighted by Crippen LogP contribution is -2.32. The highest BCUT2D eigenvalue weighted by atomic mass is 15.1. The van der Waals surface area contributed by atoms with Crippen molar-refractivity contribution in [2.45, 2.75) is 64.8 Å². The van der Waals surface area contributed by atoms with Gasteiger partial charge in [0.05, 0.1) is 0 Å². The third-order valence-corrected chi connectivity index (χ3v) is 8.35. The van der Waals surface area contributed by atoms with E-state index >= 15 is 0 Å². The molecule has 0 amide bonds. The maximum absolute atomic E-state index is 4.63. The molecule has 2 N–H and O–H groups in total. The molecule has 4 bridgehead atoms. The molecule has 3 nitrogen and oxygen atoms in total. The second-order valence-electron chi connectivity index (χ2n) is 11.0. The van der Waals surface area contributed by atoms with E-state index in [-0.39, 0.29) is 0 Å². The Morgan fingerprint density at radius 2 is 1.73 bits per heavy atom. The van der Waals surface area contributed by atoms with Crippen LogP contribution < -0.4 is 15.5 Å². The van der Waals surface area contributed by atoms with Gasteiger partial charge in [-0.25, -0.2) is 0 Å². The van der Waals surface area contributed by atoms with Gasteiger partial charge in [0, 0.05) is 48.5 Å². The lowest BCUT2D eigenvalue weighted by atomic mass is 9.84. The van der Waals surface area contributed by atoms with Gasteiger partial charge in [0.1, 0.15) is 0 Å². The summed E-state index contributed by atoms with van der Waals surface area (Å²) in [6.07, 6.45) is 16.9. The summed E-state index contributed by atoms with van der Waals surface area (Å²) in [7, 11) is 4.16. The SMILES string of the molecule is C=C1NC2C/C=C/C=C/Cc3cc(C)c(-c4ccc(NC)cc4)c(c3)N(C)C(=C)CC(CCCC2)C1C. The molecule has 0 radical (unpaired) electrons. The van der Waals surface area contributed by atoms with Crippen LogP contribution in [-0.4, -0.2) is 20.1 Å². The first-order valence-electron chi connectivity index (χ1n) is 14.0. The van der Waals surface area contributed by atoms with Crippen molar-refractivity contribution in [2.24, 2.45) is 11.8 Å². The number of hydrogen-bond donors (Lipinski definition) is 2. The van der Waals surface area contributed by atoms with Crippen molar-refractivity contribution in [3.05, 3.63) is 96.4 Å². The Morgan fingerprint density at radius 1 is 1.00 bits per heavy atom. The number of nitrogens with zero attached hydrogens (tertiary/aromatic N) is 1. The molecule has 0 saturated carbocycles. The minimum absolute atomic E-state index is 0.409. The Hall–Kier alpha value is -3.20. The van der Waals surface area contributed by atoms with E-state index in [0.29, 0.717) is 17.9 Å². The summed E-state index contributed by atoms with van der Waals surface area (Å²) in [4.78, 5) is 2.35. The van der Waals surface area contributed by atoms with E-state index < -0.39 is 0 Å². The molecule has 196 valence electrons. The molecule has 0 aromatic heterocycles. The zero-order valence-electron chi connectivity index (χ0n) is 23.3. The maximum atomic E-state index is 4.63. The molecular formula is C34H45N3. The van der Waals surface area contributed by atoms with Crippen molar-refractivity contribution in [2.75, 3.05) is 24.3 Å². The Labute approximate surface area is 225 Å². The highest BCUT2D eigenvalue weighted by Crippen LogP contribution is 2.39. The smallest absolute Gasteiger partial charge is 0.0490 e. The van der Waals surface area contributed by atoms with Crippen LogP contribution >= 0.6 is 0 Å². The van der Waals surface area contributed by atoms with Crippen LogP contribution in [0.5, 0.6) is 0 Å². The molecule has 37 heavy (non-hydrogen) atoms. The average molecular weight is 496 g/mol. The predicted molar refractivity (Wildman–Crippen MR) is 162 cm³/mol. The van der Waals surface area contributed by atoms with Crippen LogP contribution in [0.25, 0.3) is 11.1 Å². The van der Waals surface area contributed by atoms with Crippen LogP contribution in [0.15, 0.2) is 85.3 Å². The Kier molecular flexibility index (Phi) is 8.97. The van der Waals surface area contributed by atoms with E-state index in [0.717, 1.165) is 24.9 Å². The van der Waals surface area contributed by atoms with Crippen molar-refractivity contribution in [1.82, 2.24) is 5.32 Å². The normalized spacial score (nSPS) is 25.0. The molecule has 2 aliphatic heterocycles. The molecule has 2 heterocycles. The number of hydrogen-bond acceptors (Lipinski definition) is 3. The zero-order valence-corrected chi connectivity index (χ0v) is 23.3. The molecule has 4 rings (SSSR count). The van der Waals surface area contributed by atoms with E-state index in [1.807, 2.05) is 7.05 Å². The van der Waals surface area contributed by atoms with E-state index in [4.69, 9.17) is 0 Å². The lowest BCUT2D eigenvalue weighted by Gasteiger charge is -2.32. The second kappa shape index (κ2) is 12.4. The summed E-state index contributed by atoms with van der Waals surface area (Å²) in [5, 5.41) is 7.03. The van der Waals surface area contributed by atoms with E-state index in [1.54, 1.807) is 0 Å². The van der Waals surface area contributed by atoms with Gasteiger partial charge in [0.15, 0.2) is 0 Å². The van der Waals surface area contributed by atoms with Crippen LogP contribution in [0, 0.1) is 18.8 Å². The Balaban J connectivity index is 1.76. The van der Waals surface area contributed by atoms with Gasteiger partial charge < -0.3 is 15.5 Å². The number of benzene rings is 2. The fourth-order valence-corrected chi connectivity index (χ4v) is 5.87. The van der Waals surface area contributed by atoms with E-state index in [9.17, 15) is 0 Å². The highest BCUT2D eigenvalue weighted by Gasteiger charge is 2.26. The number of fused-ring (bicyclic) bond motifs is 6. The Morgan fingerprint density at radius 3 is 2.49 bits per heavy atom. The topological polar surface area (TPSA) is 27.3 Å². The van der Waals surface area contributed by atoms with E-state index in [1.165, 1.54) is 65.0 Å². The van der Waals surface area contributed by atoms with Crippen molar-refractivity contribution < 1.29 is 0 Å². The molecular weight excluding hydrogens is 450 g/mol. The van der Waals surface area contributed by atoms with Crippen LogP contribution in [0.4, 0.5) is 11.4 Å². The third-order valence-electron chi connectivity index (χ3n) is 8.35. The van der Waals surface area contributed by atoms with Crippen LogP contribution in [-0.2, 0) is 6.42 Å². The molecule has 3 atom stereocenters. The molecule has 1 fully saturated rings. The van der Waals surface area contributed by atoms with E-state index in [2.05, 4.69) is 110 Å². The third kappa shape index (κ3) is 6.57. The standard InChI is InChI=1S/C34H45N3/c1-24-21-28-13-9-7-8-10-15-32-16-12-11-14-30(26(3)27(4)36-32)22-25(2)37(6)33(23-28)34(24)29-17-19-31(35-5)20-18-29/h7-10,17-21,23,26,30,32,35-36H,2,4,11-16,22H2,1,3,5-6H3/b9-7+,10-8+. The summed E-state index contributed by atoms with van der Waals surface area (Å²) in [6.45, 7) is 13.7. The second-order valence-corrected chi connectivity index (χ2v) is 11.0. The fourth-order valence-electron chi connectivity index (χ4n) is 5.87. The molecule has 0 aliphatic carbocycles. The van der Waals surface area contributed by atoms with Gasteiger partial charge in [-0.3, -0.25) is 0 Å². The zero-order chi connectivity index (χ0) is 26.4. The first-order valence-corrected chi connectivity index (χ1v) is 14.0. The van der Waals surface area contributed by atoms with Gasteiger partial charge in [-0.15, -0.1) is 0 Å². The molecule has 3 unspecified atom stereocenters. The van der Waals surface area contributed by atoms with Gasteiger partial charge in [-0.1, -0.05) is 75.4 Å². The largest absolute Gasteiger partial charge is 0.388 e. The minimum atomic E-state index is 0.409. The van der Waals surface area contributed by atoms with Crippen LogP contribution in [0.3, 0.4) is 0 Å². The van der Waals surface area contributed by atoms with Gasteiger partial charge in [-0.2, -0.15) is 0 Å². The van der Waals surface area contributed by atoms with Crippen LogP contribution in [0.2, 0.25) is 0 Å². The average Bonchev–Trinajstić information content (AvgIpc) is 2.95. The van der Waals surface area contributed by atoms with Gasteiger partial charge in [-0.05, 0) is 85.8 Å². The molecule has 2 aromatic carbocycles. The molecule has 1 saturated heterocycles. The summed E-state index contributed by atoms with van der Waals surface area (Å²) >= 11 is 0. The highest BCUT2D eigenvalue weighted by molar-refractivity contribution is 5.83. The minimum Gasteiger partial charge on any atom is -0.388 e. The summed E-state index contributed by atoms with van der Waals surface area (Å²) in [5.41, 5.74) is 9.86. The van der Waals surface area contributed by atoms with Gasteiger partial charge >= 0.3 is 0 Å². The molecule has 2 aliphatic rings. The van der Waals surface area contributed by atoms with Crippen molar-refractivity contribution in [1.29, 1.82) is 0 Å². The first kappa shape index (κ1) is 26.9. The number of aryl methyl sites for hydroxylation is 1. The number of anilines is 2. The Bertz CT molecular complexity index is 1150. The number of allylic oxidation sites excluding steroid dienone is 5. The summed E-state index contributed by atoms with van der Waals surface area (Å²) in [5.74, 6) is 0.941. The van der Waals surface area contributed by atoms with Crippen molar-refractivity contribution >= 4 is 11.4 Å². The fraction of sp³-hybridized carbons (Fsp3) is 0.412. The maximum Gasteiger partial charge on any atom is 0.0490 e.